The van der Waals surface area contributed by atoms with Crippen LogP contribution in [0.4, 0.5) is 11.5 Å². The fourth-order valence-electron chi connectivity index (χ4n) is 2.52. The number of ether oxygens (including phenoxy) is 1. The van der Waals surface area contributed by atoms with E-state index in [1.54, 1.807) is 25.1 Å². The third kappa shape index (κ3) is 3.38. The maximum Gasteiger partial charge on any atom is 0.345 e. The van der Waals surface area contributed by atoms with Gasteiger partial charge in [-0.2, -0.15) is 0 Å². The van der Waals surface area contributed by atoms with Crippen LogP contribution in [-0.4, -0.2) is 32.5 Å². The van der Waals surface area contributed by atoms with Crippen molar-refractivity contribution in [3.05, 3.63) is 62.2 Å². The molecule has 0 unspecified atom stereocenters. The molecule has 26 heavy (non-hydrogen) atoms. The summed E-state index contributed by atoms with van der Waals surface area (Å²) in [6, 6.07) is 6.47. The van der Waals surface area contributed by atoms with Gasteiger partial charge in [-0.25, -0.2) is 14.6 Å². The first-order valence-electron chi connectivity index (χ1n) is 7.75. The van der Waals surface area contributed by atoms with E-state index in [1.807, 2.05) is 0 Å². The lowest BCUT2D eigenvalue weighted by Gasteiger charge is -2.09. The van der Waals surface area contributed by atoms with E-state index in [9.17, 15) is 19.7 Å². The Kier molecular flexibility index (Phi) is 4.65. The van der Waals surface area contributed by atoms with Gasteiger partial charge in [-0.05, 0) is 30.7 Å². The fraction of sp³-hybridized carbons (Fsp3) is 0.188. The molecule has 3 N–H and O–H groups in total. The number of benzene rings is 1. The number of imidazole rings is 1. The zero-order valence-electron chi connectivity index (χ0n) is 13.7. The Bertz CT molecular complexity index is 1040. The van der Waals surface area contributed by atoms with Crippen molar-refractivity contribution < 1.29 is 14.5 Å². The molecular weight excluding hydrogens is 342 g/mol. The predicted molar refractivity (Wildman–Crippen MR) is 93.1 cm³/mol. The normalized spacial score (nSPS) is 10.7. The molecule has 3 rings (SSSR count). The van der Waals surface area contributed by atoms with E-state index in [1.165, 1.54) is 12.3 Å². The highest BCUT2D eigenvalue weighted by atomic mass is 16.6. The third-order valence-corrected chi connectivity index (χ3v) is 3.64. The smallest absolute Gasteiger partial charge is 0.345 e. The summed E-state index contributed by atoms with van der Waals surface area (Å²) < 4.78 is 4.85. The van der Waals surface area contributed by atoms with E-state index < -0.39 is 16.6 Å². The van der Waals surface area contributed by atoms with Crippen molar-refractivity contribution in [2.45, 2.75) is 13.5 Å². The van der Waals surface area contributed by atoms with E-state index in [4.69, 9.17) is 4.74 Å². The Morgan fingerprint density at radius 1 is 1.31 bits per heavy atom. The lowest BCUT2D eigenvalue weighted by atomic mass is 10.2. The van der Waals surface area contributed by atoms with Crippen molar-refractivity contribution in [3.63, 3.8) is 0 Å². The Labute approximate surface area is 146 Å². The summed E-state index contributed by atoms with van der Waals surface area (Å²) in [4.78, 5) is 43.2. The summed E-state index contributed by atoms with van der Waals surface area (Å²) in [7, 11) is 0. The highest BCUT2D eigenvalue weighted by molar-refractivity contribution is 5.96. The number of rotatable bonds is 6. The number of esters is 1. The number of carbonyl (C=O) groups excluding carboxylic acids is 1. The minimum absolute atomic E-state index is 0.0387. The van der Waals surface area contributed by atoms with Crippen molar-refractivity contribution in [2.24, 2.45) is 0 Å². The highest BCUT2D eigenvalue weighted by Crippen LogP contribution is 2.27. The van der Waals surface area contributed by atoms with Crippen molar-refractivity contribution in [2.75, 3.05) is 11.9 Å². The largest absolute Gasteiger partial charge is 0.462 e. The average Bonchev–Trinajstić information content (AvgIpc) is 2.98. The average molecular weight is 357 g/mol. The number of carbonyl (C=O) groups is 1. The maximum absolute atomic E-state index is 11.9. The van der Waals surface area contributed by atoms with Gasteiger partial charge in [0.1, 0.15) is 5.56 Å². The predicted octanol–water partition coefficient (Wildman–Crippen LogP) is 1.95. The first-order chi connectivity index (χ1) is 12.5. The molecule has 0 bridgehead atoms. The van der Waals surface area contributed by atoms with Crippen LogP contribution in [0.1, 0.15) is 22.8 Å². The Morgan fingerprint density at radius 3 is 2.81 bits per heavy atom. The van der Waals surface area contributed by atoms with Crippen LogP contribution in [0, 0.1) is 10.1 Å². The molecule has 0 saturated carbocycles. The number of hydrogen-bond donors (Lipinski definition) is 3. The van der Waals surface area contributed by atoms with Gasteiger partial charge in [-0.1, -0.05) is 6.07 Å². The summed E-state index contributed by atoms with van der Waals surface area (Å²) >= 11 is 0. The molecule has 0 aliphatic heterocycles. The molecule has 10 heteroatoms. The number of H-pyrrole nitrogens is 2. The topological polar surface area (TPSA) is 143 Å². The number of nitrogens with one attached hydrogen (secondary N) is 3. The minimum atomic E-state index is -0.782. The zero-order chi connectivity index (χ0) is 18.7. The molecule has 0 aliphatic rings. The van der Waals surface area contributed by atoms with Crippen LogP contribution in [0.25, 0.3) is 11.0 Å². The van der Waals surface area contributed by atoms with Crippen LogP contribution in [0.2, 0.25) is 0 Å². The molecule has 0 amide bonds. The summed E-state index contributed by atoms with van der Waals surface area (Å²) in [5, 5.41) is 14.3. The molecule has 134 valence electrons. The van der Waals surface area contributed by atoms with Crippen LogP contribution in [0.3, 0.4) is 0 Å². The van der Waals surface area contributed by atoms with Gasteiger partial charge in [0.2, 0.25) is 5.82 Å². The highest BCUT2D eigenvalue weighted by Gasteiger charge is 2.26. The summed E-state index contributed by atoms with van der Waals surface area (Å²) in [5.41, 5.74) is 1.13. The molecule has 0 atom stereocenters. The summed E-state index contributed by atoms with van der Waals surface area (Å²) in [5.74, 6) is -0.820. The van der Waals surface area contributed by atoms with Crippen molar-refractivity contribution in [1.82, 2.24) is 15.0 Å². The van der Waals surface area contributed by atoms with Crippen LogP contribution in [-0.2, 0) is 11.3 Å². The first kappa shape index (κ1) is 17.1. The molecule has 0 spiro atoms. The quantitative estimate of drug-likeness (QED) is 0.347. The second kappa shape index (κ2) is 7.05. The second-order valence-electron chi connectivity index (χ2n) is 5.35. The Balaban J connectivity index is 1.88. The van der Waals surface area contributed by atoms with Gasteiger partial charge in [0.05, 0.1) is 22.6 Å². The summed E-state index contributed by atoms with van der Waals surface area (Å²) in [6.07, 6.45) is 1.30. The Hall–Kier alpha value is -3.69. The number of fused-ring (bicyclic) bond motifs is 1. The van der Waals surface area contributed by atoms with Crippen LogP contribution >= 0.6 is 0 Å². The van der Waals surface area contributed by atoms with E-state index in [-0.39, 0.29) is 30.2 Å². The van der Waals surface area contributed by atoms with Gasteiger partial charge in [0, 0.05) is 12.7 Å². The monoisotopic (exact) mass is 357 g/mol. The van der Waals surface area contributed by atoms with Crippen LogP contribution in [0.5, 0.6) is 0 Å². The van der Waals surface area contributed by atoms with Gasteiger partial charge in [0.15, 0.2) is 0 Å². The van der Waals surface area contributed by atoms with Crippen molar-refractivity contribution >= 4 is 28.5 Å². The number of nitro groups is 1. The SMILES string of the molecule is CCOC(=O)c1ccnc(NCc2ccc3[nH]c(=O)[nH]c3c2)c1[N+](=O)[O-]. The third-order valence-electron chi connectivity index (χ3n) is 3.64. The van der Waals surface area contributed by atoms with Gasteiger partial charge in [-0.15, -0.1) is 0 Å². The lowest BCUT2D eigenvalue weighted by molar-refractivity contribution is -0.384. The Morgan fingerprint density at radius 2 is 2.08 bits per heavy atom. The number of pyridine rings is 1. The number of aromatic amines is 2. The molecule has 0 saturated heterocycles. The van der Waals surface area contributed by atoms with E-state index in [2.05, 4.69) is 20.3 Å². The van der Waals surface area contributed by atoms with Gasteiger partial charge < -0.3 is 20.0 Å². The van der Waals surface area contributed by atoms with E-state index in [0.29, 0.717) is 11.0 Å². The standard InChI is InChI=1S/C16H15N5O5/c1-2-26-15(22)10-5-6-17-14(13(10)21(24)25)18-8-9-3-4-11-12(7-9)20-16(23)19-11/h3-7H,2,8H2,1H3,(H,17,18)(H2,19,20,23). The first-order valence-corrected chi connectivity index (χ1v) is 7.75. The van der Waals surface area contributed by atoms with Crippen LogP contribution in [0.15, 0.2) is 35.3 Å². The molecule has 1 aromatic carbocycles. The number of aromatic nitrogens is 3. The van der Waals surface area contributed by atoms with E-state index in [0.717, 1.165) is 5.56 Å². The van der Waals surface area contributed by atoms with Crippen LogP contribution < -0.4 is 11.0 Å². The van der Waals surface area contributed by atoms with Gasteiger partial charge in [-0.3, -0.25) is 10.1 Å². The molecule has 3 aromatic rings. The molecule has 2 heterocycles. The maximum atomic E-state index is 11.9. The fourth-order valence-corrected chi connectivity index (χ4v) is 2.52. The minimum Gasteiger partial charge on any atom is -0.462 e. The molecular formula is C16H15N5O5. The van der Waals surface area contributed by atoms with Crippen molar-refractivity contribution in [3.8, 4) is 0 Å². The van der Waals surface area contributed by atoms with E-state index >= 15 is 0 Å². The van der Waals surface area contributed by atoms with Gasteiger partial charge in [0.25, 0.3) is 0 Å². The molecule has 0 radical (unpaired) electrons. The number of nitrogens with zero attached hydrogens (tertiary/aromatic N) is 2. The van der Waals surface area contributed by atoms with Gasteiger partial charge >= 0.3 is 17.3 Å². The summed E-state index contributed by atoms with van der Waals surface area (Å²) in [6.45, 7) is 1.94. The molecule has 2 aromatic heterocycles. The number of anilines is 1. The zero-order valence-corrected chi connectivity index (χ0v) is 13.7. The molecule has 0 fully saturated rings. The lowest BCUT2D eigenvalue weighted by Crippen LogP contribution is -2.12. The van der Waals surface area contributed by atoms with Crippen molar-refractivity contribution in [1.29, 1.82) is 0 Å². The second-order valence-corrected chi connectivity index (χ2v) is 5.35. The molecule has 10 nitrogen and oxygen atoms in total. The molecule has 0 aliphatic carbocycles. The number of hydrogen-bond acceptors (Lipinski definition) is 7.